The molecule has 0 saturated carbocycles. The number of carbonyl (C=O) groups excluding carboxylic acids is 1. The highest BCUT2D eigenvalue weighted by Gasteiger charge is 2.25. The molecule has 0 amide bonds. The molecule has 0 atom stereocenters. The van der Waals surface area contributed by atoms with Crippen molar-refractivity contribution < 1.29 is 18.3 Å². The van der Waals surface area contributed by atoms with Gasteiger partial charge in [-0.1, -0.05) is 6.07 Å². The molecule has 0 N–H and O–H groups in total. The number of piperidine rings is 1. The highest BCUT2D eigenvalue weighted by atomic mass is 19.1. The average molecular weight is 283 g/mol. The number of hydrogen-bond donors (Lipinski definition) is 0. The summed E-state index contributed by atoms with van der Waals surface area (Å²) >= 11 is 0. The summed E-state index contributed by atoms with van der Waals surface area (Å²) in [5, 5.41) is 0. The standard InChI is InChI=1S/C15H19F2NO2/c1-2-20-14(19)10-11-6-8-18(9-7-11)15-12(16)4-3-5-13(15)17/h3-5,11H,2,6-10H2,1H3. The van der Waals surface area contributed by atoms with Gasteiger partial charge in [-0.2, -0.15) is 0 Å². The van der Waals surface area contributed by atoms with Crippen LogP contribution in [0.4, 0.5) is 14.5 Å². The van der Waals surface area contributed by atoms with Gasteiger partial charge in [0.15, 0.2) is 0 Å². The molecule has 1 saturated heterocycles. The predicted molar refractivity (Wildman–Crippen MR) is 72.5 cm³/mol. The first-order chi connectivity index (χ1) is 9.61. The zero-order chi connectivity index (χ0) is 14.5. The Morgan fingerprint density at radius 2 is 1.90 bits per heavy atom. The van der Waals surface area contributed by atoms with Gasteiger partial charge in [0.05, 0.1) is 6.61 Å². The quantitative estimate of drug-likeness (QED) is 0.795. The van der Waals surface area contributed by atoms with E-state index in [0.717, 1.165) is 12.8 Å². The summed E-state index contributed by atoms with van der Waals surface area (Å²) in [7, 11) is 0. The van der Waals surface area contributed by atoms with E-state index in [1.165, 1.54) is 18.2 Å². The lowest BCUT2D eigenvalue weighted by molar-refractivity contribution is -0.144. The second kappa shape index (κ2) is 6.68. The number of rotatable bonds is 4. The fourth-order valence-electron chi connectivity index (χ4n) is 2.61. The summed E-state index contributed by atoms with van der Waals surface area (Å²) in [4.78, 5) is 13.1. The Balaban J connectivity index is 1.93. The summed E-state index contributed by atoms with van der Waals surface area (Å²) in [6.45, 7) is 3.28. The summed E-state index contributed by atoms with van der Waals surface area (Å²) in [6, 6.07) is 3.90. The van der Waals surface area contributed by atoms with Crippen LogP contribution in [0, 0.1) is 17.6 Å². The van der Waals surface area contributed by atoms with Gasteiger partial charge in [-0.15, -0.1) is 0 Å². The maximum atomic E-state index is 13.7. The van der Waals surface area contributed by atoms with Crippen LogP contribution in [0.3, 0.4) is 0 Å². The first kappa shape index (κ1) is 14.8. The largest absolute Gasteiger partial charge is 0.466 e. The number of nitrogens with zero attached hydrogens (tertiary/aromatic N) is 1. The molecule has 5 heteroatoms. The van der Waals surface area contributed by atoms with Crippen LogP contribution >= 0.6 is 0 Å². The van der Waals surface area contributed by atoms with Gasteiger partial charge in [0, 0.05) is 19.5 Å². The molecule has 0 aliphatic carbocycles. The molecule has 0 bridgehead atoms. The lowest BCUT2D eigenvalue weighted by Crippen LogP contribution is -2.35. The second-order valence-electron chi connectivity index (χ2n) is 5.01. The Morgan fingerprint density at radius 3 is 2.45 bits per heavy atom. The van der Waals surface area contributed by atoms with Crippen molar-refractivity contribution in [1.29, 1.82) is 0 Å². The van der Waals surface area contributed by atoms with E-state index >= 15 is 0 Å². The lowest BCUT2D eigenvalue weighted by Gasteiger charge is -2.33. The molecule has 0 spiro atoms. The zero-order valence-electron chi connectivity index (χ0n) is 11.6. The van der Waals surface area contributed by atoms with E-state index in [-0.39, 0.29) is 17.6 Å². The molecule has 0 aromatic heterocycles. The Morgan fingerprint density at radius 1 is 1.30 bits per heavy atom. The van der Waals surface area contributed by atoms with Gasteiger partial charge < -0.3 is 9.64 Å². The van der Waals surface area contributed by atoms with Gasteiger partial charge in [-0.3, -0.25) is 4.79 Å². The fraction of sp³-hybridized carbons (Fsp3) is 0.533. The molecular weight excluding hydrogens is 264 g/mol. The van der Waals surface area contributed by atoms with Crippen molar-refractivity contribution >= 4 is 11.7 Å². The van der Waals surface area contributed by atoms with Crippen molar-refractivity contribution in [2.24, 2.45) is 5.92 Å². The Bertz CT molecular complexity index is 451. The van der Waals surface area contributed by atoms with Crippen molar-refractivity contribution in [3.8, 4) is 0 Å². The maximum absolute atomic E-state index is 13.7. The highest BCUT2D eigenvalue weighted by Crippen LogP contribution is 2.29. The molecule has 1 aromatic carbocycles. The van der Waals surface area contributed by atoms with Crippen LogP contribution in [0.5, 0.6) is 0 Å². The van der Waals surface area contributed by atoms with E-state index < -0.39 is 11.6 Å². The lowest BCUT2D eigenvalue weighted by atomic mass is 9.93. The van der Waals surface area contributed by atoms with Gasteiger partial charge in [-0.25, -0.2) is 8.78 Å². The van der Waals surface area contributed by atoms with E-state index in [0.29, 0.717) is 26.1 Å². The molecule has 1 heterocycles. The van der Waals surface area contributed by atoms with E-state index in [9.17, 15) is 13.6 Å². The van der Waals surface area contributed by atoms with Crippen LogP contribution in [0.2, 0.25) is 0 Å². The van der Waals surface area contributed by atoms with Gasteiger partial charge in [0.25, 0.3) is 0 Å². The minimum Gasteiger partial charge on any atom is -0.466 e. The first-order valence-corrected chi connectivity index (χ1v) is 6.96. The molecule has 3 nitrogen and oxygen atoms in total. The van der Waals surface area contributed by atoms with Crippen LogP contribution in [-0.4, -0.2) is 25.7 Å². The highest BCUT2D eigenvalue weighted by molar-refractivity contribution is 5.69. The molecule has 1 fully saturated rings. The van der Waals surface area contributed by atoms with Gasteiger partial charge in [0.1, 0.15) is 17.3 Å². The van der Waals surface area contributed by atoms with Crippen molar-refractivity contribution in [2.45, 2.75) is 26.2 Å². The molecule has 110 valence electrons. The number of anilines is 1. The number of para-hydroxylation sites is 1. The molecule has 2 rings (SSSR count). The van der Waals surface area contributed by atoms with E-state index in [1.54, 1.807) is 11.8 Å². The molecule has 1 aliphatic heterocycles. The van der Waals surface area contributed by atoms with Crippen molar-refractivity contribution in [3.63, 3.8) is 0 Å². The zero-order valence-corrected chi connectivity index (χ0v) is 11.6. The van der Waals surface area contributed by atoms with E-state index in [1.807, 2.05) is 0 Å². The number of ether oxygens (including phenoxy) is 1. The summed E-state index contributed by atoms with van der Waals surface area (Å²) in [5.41, 5.74) is 0.0436. The monoisotopic (exact) mass is 283 g/mol. The predicted octanol–water partition coefficient (Wildman–Crippen LogP) is 3.13. The maximum Gasteiger partial charge on any atom is 0.306 e. The summed E-state index contributed by atoms with van der Waals surface area (Å²) < 4.78 is 32.3. The minimum atomic E-state index is -0.533. The van der Waals surface area contributed by atoms with Crippen LogP contribution in [0.15, 0.2) is 18.2 Å². The Hall–Kier alpha value is -1.65. The third kappa shape index (κ3) is 3.46. The normalized spacial score (nSPS) is 16.2. The van der Waals surface area contributed by atoms with Crippen LogP contribution in [0.1, 0.15) is 26.2 Å². The van der Waals surface area contributed by atoms with Gasteiger partial charge in [-0.05, 0) is 37.8 Å². The fourth-order valence-corrected chi connectivity index (χ4v) is 2.61. The minimum absolute atomic E-state index is 0.0436. The number of benzene rings is 1. The van der Waals surface area contributed by atoms with E-state index in [4.69, 9.17) is 4.74 Å². The molecule has 1 aromatic rings. The molecule has 0 unspecified atom stereocenters. The SMILES string of the molecule is CCOC(=O)CC1CCN(c2c(F)cccc2F)CC1. The topological polar surface area (TPSA) is 29.5 Å². The van der Waals surface area contributed by atoms with Gasteiger partial charge in [0.2, 0.25) is 0 Å². The first-order valence-electron chi connectivity index (χ1n) is 6.96. The third-order valence-electron chi connectivity index (χ3n) is 3.63. The smallest absolute Gasteiger partial charge is 0.306 e. The number of halogens is 2. The molecule has 0 radical (unpaired) electrons. The van der Waals surface area contributed by atoms with Crippen LogP contribution in [0.25, 0.3) is 0 Å². The average Bonchev–Trinajstić information content (AvgIpc) is 2.40. The van der Waals surface area contributed by atoms with Crippen molar-refractivity contribution in [2.75, 3.05) is 24.6 Å². The summed E-state index contributed by atoms with van der Waals surface area (Å²) in [5.74, 6) is -1.02. The van der Waals surface area contributed by atoms with E-state index in [2.05, 4.69) is 0 Å². The number of carbonyl (C=O) groups is 1. The summed E-state index contributed by atoms with van der Waals surface area (Å²) in [6.07, 6.45) is 1.88. The Labute approximate surface area is 117 Å². The second-order valence-corrected chi connectivity index (χ2v) is 5.01. The third-order valence-corrected chi connectivity index (χ3v) is 3.63. The molecule has 1 aliphatic rings. The Kier molecular flexibility index (Phi) is 4.93. The number of hydrogen-bond acceptors (Lipinski definition) is 3. The molecule has 20 heavy (non-hydrogen) atoms. The van der Waals surface area contributed by atoms with Crippen LogP contribution < -0.4 is 4.90 Å². The van der Waals surface area contributed by atoms with Crippen LogP contribution in [-0.2, 0) is 9.53 Å². The van der Waals surface area contributed by atoms with Crippen molar-refractivity contribution in [3.05, 3.63) is 29.8 Å². The molecular formula is C15H19F2NO2. The number of esters is 1. The van der Waals surface area contributed by atoms with Gasteiger partial charge >= 0.3 is 5.97 Å². The van der Waals surface area contributed by atoms with Crippen molar-refractivity contribution in [1.82, 2.24) is 0 Å².